The topological polar surface area (TPSA) is 39.3 Å². The van der Waals surface area contributed by atoms with E-state index in [1.807, 2.05) is 32.2 Å². The number of benzene rings is 1. The normalized spacial score (nSPS) is 19.1. The largest absolute Gasteiger partial charge is 0.363 e. The van der Waals surface area contributed by atoms with Gasteiger partial charge in [-0.05, 0) is 50.4 Å². The Hall–Kier alpha value is -1.98. The molecule has 1 atom stereocenters. The Balaban J connectivity index is 1.74. The number of aromatic amines is 1. The van der Waals surface area contributed by atoms with Crippen LogP contribution in [0.3, 0.4) is 0 Å². The van der Waals surface area contributed by atoms with Gasteiger partial charge >= 0.3 is 0 Å². The van der Waals surface area contributed by atoms with Gasteiger partial charge in [0.25, 0.3) is 0 Å². The van der Waals surface area contributed by atoms with Crippen molar-refractivity contribution in [2.75, 3.05) is 19.6 Å². The highest BCUT2D eigenvalue weighted by Crippen LogP contribution is 2.21. The first kappa shape index (κ1) is 20.7. The molecule has 1 aromatic carbocycles. The number of hydrogen-bond acceptors (Lipinski definition) is 3. The second-order valence-electron chi connectivity index (χ2n) is 8.40. The van der Waals surface area contributed by atoms with Gasteiger partial charge in [0.15, 0.2) is 5.43 Å². The van der Waals surface area contributed by atoms with E-state index in [9.17, 15) is 9.18 Å². The molecule has 28 heavy (non-hydrogen) atoms. The van der Waals surface area contributed by atoms with Crippen molar-refractivity contribution >= 4 is 0 Å². The lowest BCUT2D eigenvalue weighted by molar-refractivity contribution is 0.129. The first-order chi connectivity index (χ1) is 13.3. The van der Waals surface area contributed by atoms with E-state index in [1.165, 1.54) is 0 Å². The number of nitrogens with one attached hydrogen (secondary N) is 1. The summed E-state index contributed by atoms with van der Waals surface area (Å²) >= 11 is 0. The maximum Gasteiger partial charge on any atom is 0.187 e. The van der Waals surface area contributed by atoms with Crippen molar-refractivity contribution in [3.63, 3.8) is 0 Å². The molecule has 0 aliphatic carbocycles. The Kier molecular flexibility index (Phi) is 6.68. The summed E-state index contributed by atoms with van der Waals surface area (Å²) in [5.74, 6) is 0.327. The van der Waals surface area contributed by atoms with E-state index in [0.717, 1.165) is 61.5 Å². The minimum Gasteiger partial charge on any atom is -0.363 e. The molecule has 0 saturated carbocycles. The fourth-order valence-corrected chi connectivity index (χ4v) is 4.12. The molecule has 1 fully saturated rings. The zero-order valence-corrected chi connectivity index (χ0v) is 17.5. The summed E-state index contributed by atoms with van der Waals surface area (Å²) in [5, 5.41) is 0. The molecule has 1 aromatic heterocycles. The maximum absolute atomic E-state index is 13.2. The quantitative estimate of drug-likeness (QED) is 0.849. The summed E-state index contributed by atoms with van der Waals surface area (Å²) in [6.45, 7) is 12.9. The minimum absolute atomic E-state index is 0.141. The molecule has 0 unspecified atom stereocenters. The van der Waals surface area contributed by atoms with Crippen LogP contribution in [0, 0.1) is 25.6 Å². The maximum atomic E-state index is 13.2. The summed E-state index contributed by atoms with van der Waals surface area (Å²) in [6.07, 6.45) is 2.91. The zero-order valence-electron chi connectivity index (χ0n) is 17.5. The van der Waals surface area contributed by atoms with Crippen molar-refractivity contribution in [3.8, 4) is 0 Å². The molecule has 0 amide bonds. The van der Waals surface area contributed by atoms with Crippen LogP contribution in [0.4, 0.5) is 4.39 Å². The molecular weight excluding hydrogens is 353 g/mol. The van der Waals surface area contributed by atoms with E-state index in [2.05, 4.69) is 28.6 Å². The van der Waals surface area contributed by atoms with Crippen molar-refractivity contribution in [2.45, 2.75) is 53.2 Å². The fourth-order valence-electron chi connectivity index (χ4n) is 4.12. The van der Waals surface area contributed by atoms with Gasteiger partial charge in [-0.1, -0.05) is 26.0 Å². The van der Waals surface area contributed by atoms with E-state index in [-0.39, 0.29) is 11.2 Å². The smallest absolute Gasteiger partial charge is 0.187 e. The second-order valence-corrected chi connectivity index (χ2v) is 8.40. The lowest BCUT2D eigenvalue weighted by atomic mass is 10.0. The highest BCUT2D eigenvalue weighted by molar-refractivity contribution is 5.23. The summed E-state index contributed by atoms with van der Waals surface area (Å²) in [5.41, 5.74) is 3.90. The SMILES string of the molecule is Cc1c[nH]c(CN2CCCN(Cc3ccc(F)cc3)[C@@H](C(C)C)C2)c(C)c1=O. The van der Waals surface area contributed by atoms with Crippen LogP contribution in [-0.2, 0) is 13.1 Å². The van der Waals surface area contributed by atoms with Gasteiger partial charge in [-0.15, -0.1) is 0 Å². The van der Waals surface area contributed by atoms with Gasteiger partial charge < -0.3 is 4.98 Å². The Morgan fingerprint density at radius 2 is 1.86 bits per heavy atom. The third kappa shape index (κ3) is 4.89. The zero-order chi connectivity index (χ0) is 20.3. The molecule has 1 N–H and O–H groups in total. The first-order valence-electron chi connectivity index (χ1n) is 10.2. The van der Waals surface area contributed by atoms with Crippen molar-refractivity contribution in [3.05, 3.63) is 68.9 Å². The van der Waals surface area contributed by atoms with Gasteiger partial charge in [0.1, 0.15) is 5.82 Å². The van der Waals surface area contributed by atoms with Gasteiger partial charge in [0.2, 0.25) is 0 Å². The van der Waals surface area contributed by atoms with E-state index in [4.69, 9.17) is 0 Å². The van der Waals surface area contributed by atoms with Gasteiger partial charge in [-0.2, -0.15) is 0 Å². The fraction of sp³-hybridized carbons (Fsp3) is 0.522. The standard InChI is InChI=1S/C23H32FN3O/c1-16(2)22-15-26(14-21-18(4)23(28)17(3)12-25-21)10-5-11-27(22)13-19-6-8-20(24)9-7-19/h6-9,12,16,22H,5,10-11,13-15H2,1-4H3,(H,25,28)/t22-/m1/s1. The molecular formula is C23H32FN3O. The number of hydrogen-bond donors (Lipinski definition) is 1. The number of H-pyrrole nitrogens is 1. The number of pyridine rings is 1. The second kappa shape index (κ2) is 9.01. The molecule has 1 aliphatic rings. The molecule has 5 heteroatoms. The summed E-state index contributed by atoms with van der Waals surface area (Å²) < 4.78 is 13.2. The van der Waals surface area contributed by atoms with Crippen LogP contribution < -0.4 is 5.43 Å². The monoisotopic (exact) mass is 385 g/mol. The first-order valence-corrected chi connectivity index (χ1v) is 10.2. The highest BCUT2D eigenvalue weighted by Gasteiger charge is 2.27. The van der Waals surface area contributed by atoms with Crippen LogP contribution in [-0.4, -0.2) is 40.5 Å². The molecule has 152 valence electrons. The molecule has 2 heterocycles. The highest BCUT2D eigenvalue weighted by atomic mass is 19.1. The van der Waals surface area contributed by atoms with Crippen molar-refractivity contribution in [1.82, 2.24) is 14.8 Å². The van der Waals surface area contributed by atoms with E-state index in [1.54, 1.807) is 12.1 Å². The molecule has 0 radical (unpaired) electrons. The number of rotatable bonds is 5. The van der Waals surface area contributed by atoms with Crippen LogP contribution in [0.5, 0.6) is 0 Å². The summed E-state index contributed by atoms with van der Waals surface area (Å²) in [6, 6.07) is 7.27. The predicted molar refractivity (Wildman–Crippen MR) is 112 cm³/mol. The number of halogens is 1. The predicted octanol–water partition coefficient (Wildman–Crippen LogP) is 3.86. The van der Waals surface area contributed by atoms with Crippen LogP contribution in [0.1, 0.15) is 42.7 Å². The van der Waals surface area contributed by atoms with Crippen LogP contribution in [0.25, 0.3) is 0 Å². The molecule has 0 spiro atoms. The third-order valence-corrected chi connectivity index (χ3v) is 5.90. The van der Waals surface area contributed by atoms with Crippen molar-refractivity contribution < 1.29 is 4.39 Å². The Labute approximate surface area is 167 Å². The van der Waals surface area contributed by atoms with Crippen LogP contribution >= 0.6 is 0 Å². The van der Waals surface area contributed by atoms with E-state index < -0.39 is 0 Å². The van der Waals surface area contributed by atoms with Gasteiger partial charge in [-0.3, -0.25) is 14.6 Å². The Morgan fingerprint density at radius 1 is 1.14 bits per heavy atom. The lowest BCUT2D eigenvalue weighted by Crippen LogP contribution is -2.44. The van der Waals surface area contributed by atoms with Gasteiger partial charge in [0, 0.05) is 55.2 Å². The van der Waals surface area contributed by atoms with E-state index in [0.29, 0.717) is 12.0 Å². The average molecular weight is 386 g/mol. The molecule has 1 saturated heterocycles. The molecule has 0 bridgehead atoms. The van der Waals surface area contributed by atoms with Gasteiger partial charge in [0.05, 0.1) is 0 Å². The van der Waals surface area contributed by atoms with Crippen LogP contribution in [0.2, 0.25) is 0 Å². The van der Waals surface area contributed by atoms with Crippen molar-refractivity contribution in [2.24, 2.45) is 5.92 Å². The van der Waals surface area contributed by atoms with Crippen molar-refractivity contribution in [1.29, 1.82) is 0 Å². The molecule has 4 nitrogen and oxygen atoms in total. The molecule has 3 rings (SSSR count). The van der Waals surface area contributed by atoms with Crippen LogP contribution in [0.15, 0.2) is 35.3 Å². The van der Waals surface area contributed by atoms with E-state index >= 15 is 0 Å². The lowest BCUT2D eigenvalue weighted by Gasteiger charge is -2.34. The summed E-state index contributed by atoms with van der Waals surface area (Å²) in [4.78, 5) is 20.6. The Morgan fingerprint density at radius 3 is 2.54 bits per heavy atom. The third-order valence-electron chi connectivity index (χ3n) is 5.90. The molecule has 1 aliphatic heterocycles. The Bertz CT molecular complexity index is 844. The summed E-state index contributed by atoms with van der Waals surface area (Å²) in [7, 11) is 0. The molecule has 2 aromatic rings. The van der Waals surface area contributed by atoms with Gasteiger partial charge in [-0.25, -0.2) is 4.39 Å². The number of aromatic nitrogens is 1. The number of aryl methyl sites for hydroxylation is 1. The number of nitrogens with zero attached hydrogens (tertiary/aromatic N) is 2. The minimum atomic E-state index is -0.186. The average Bonchev–Trinajstić information content (AvgIpc) is 2.86.